The second-order valence-corrected chi connectivity index (χ2v) is 5.97. The Morgan fingerprint density at radius 3 is 2.87 bits per heavy atom. The number of non-ortho nitro benzene ring substituents is 1. The molecule has 23 heavy (non-hydrogen) atoms. The van der Waals surface area contributed by atoms with Crippen LogP contribution in [0.3, 0.4) is 0 Å². The smallest absolute Gasteiger partial charge is 0.397 e. The lowest BCUT2D eigenvalue weighted by Gasteiger charge is -2.05. The maximum absolute atomic E-state index is 12.0. The molecule has 1 aromatic carbocycles. The summed E-state index contributed by atoms with van der Waals surface area (Å²) in [6.07, 6.45) is 5.69. The van der Waals surface area contributed by atoms with Gasteiger partial charge < -0.3 is 9.15 Å². The number of ether oxygens (including phenoxy) is 1. The molecule has 1 saturated carbocycles. The molecule has 122 valence electrons. The molecule has 0 amide bonds. The number of hydrogen-bond donors (Lipinski definition) is 0. The molecule has 0 saturated heterocycles. The number of nitro groups is 1. The average Bonchev–Trinajstić information content (AvgIpc) is 3.30. The molecular weight excluding hydrogens is 300 g/mol. The normalized spacial score (nSPS) is 14.1. The van der Waals surface area contributed by atoms with Gasteiger partial charge in [-0.3, -0.25) is 10.1 Å². The molecule has 1 aliphatic carbocycles. The molecular formula is C16H18N2O5. The van der Waals surface area contributed by atoms with Crippen LogP contribution in [0.15, 0.2) is 21.3 Å². The Morgan fingerprint density at radius 1 is 1.39 bits per heavy atom. The van der Waals surface area contributed by atoms with Crippen molar-refractivity contribution in [2.24, 2.45) is 5.92 Å². The van der Waals surface area contributed by atoms with Gasteiger partial charge in [0.2, 0.25) is 0 Å². The van der Waals surface area contributed by atoms with Crippen molar-refractivity contribution in [3.05, 3.63) is 38.2 Å². The minimum absolute atomic E-state index is 0.108. The number of rotatable bonds is 7. The van der Waals surface area contributed by atoms with E-state index in [1.807, 2.05) is 0 Å². The number of aromatic nitrogens is 1. The Labute approximate surface area is 132 Å². The molecule has 7 heteroatoms. The van der Waals surface area contributed by atoms with Crippen molar-refractivity contribution >= 4 is 16.6 Å². The van der Waals surface area contributed by atoms with Crippen molar-refractivity contribution in [2.45, 2.75) is 39.0 Å². The summed E-state index contributed by atoms with van der Waals surface area (Å²) < 4.78 is 10.4. The maximum Gasteiger partial charge on any atom is 0.397 e. The summed E-state index contributed by atoms with van der Waals surface area (Å²) in [4.78, 5) is 26.5. The average molecular weight is 318 g/mol. The van der Waals surface area contributed by atoms with Gasteiger partial charge in [-0.2, -0.15) is 4.98 Å². The first-order valence-electron chi connectivity index (χ1n) is 7.77. The highest BCUT2D eigenvalue weighted by atomic mass is 16.6. The van der Waals surface area contributed by atoms with Crippen LogP contribution in [0.25, 0.3) is 10.9 Å². The minimum Gasteiger partial charge on any atom is -0.450 e. The zero-order valence-electron chi connectivity index (χ0n) is 12.9. The van der Waals surface area contributed by atoms with Crippen molar-refractivity contribution < 1.29 is 14.1 Å². The van der Waals surface area contributed by atoms with Gasteiger partial charge in [0, 0.05) is 12.1 Å². The second-order valence-electron chi connectivity index (χ2n) is 5.97. The highest BCUT2D eigenvalue weighted by molar-refractivity contribution is 5.83. The predicted molar refractivity (Wildman–Crippen MR) is 83.7 cm³/mol. The number of fused-ring (bicyclic) bond motifs is 1. The monoisotopic (exact) mass is 318 g/mol. The molecule has 0 atom stereocenters. The third-order valence-corrected chi connectivity index (χ3v) is 4.04. The summed E-state index contributed by atoms with van der Waals surface area (Å²) in [5.74, 6) is 0.884. The summed E-state index contributed by atoms with van der Waals surface area (Å²) >= 11 is 0. The quantitative estimate of drug-likeness (QED) is 0.441. The van der Waals surface area contributed by atoms with Gasteiger partial charge in [0.25, 0.3) is 5.69 Å². The Balaban J connectivity index is 1.75. The van der Waals surface area contributed by atoms with E-state index in [1.54, 1.807) is 6.92 Å². The Bertz CT molecular complexity index is 795. The molecule has 1 aromatic heterocycles. The fourth-order valence-electron chi connectivity index (χ4n) is 2.62. The zero-order valence-corrected chi connectivity index (χ0v) is 12.9. The fourth-order valence-corrected chi connectivity index (χ4v) is 2.62. The van der Waals surface area contributed by atoms with E-state index in [4.69, 9.17) is 9.15 Å². The van der Waals surface area contributed by atoms with E-state index < -0.39 is 10.5 Å². The van der Waals surface area contributed by atoms with Crippen LogP contribution in [-0.2, 0) is 0 Å². The molecule has 7 nitrogen and oxygen atoms in total. The van der Waals surface area contributed by atoms with E-state index in [0.717, 1.165) is 18.8 Å². The van der Waals surface area contributed by atoms with E-state index in [0.29, 0.717) is 12.2 Å². The van der Waals surface area contributed by atoms with Gasteiger partial charge in [-0.15, -0.1) is 0 Å². The molecule has 2 aromatic rings. The van der Waals surface area contributed by atoms with Crippen molar-refractivity contribution in [1.82, 2.24) is 4.98 Å². The van der Waals surface area contributed by atoms with Crippen LogP contribution < -0.4 is 10.4 Å². The van der Waals surface area contributed by atoms with Gasteiger partial charge in [-0.25, -0.2) is 4.79 Å². The summed E-state index contributed by atoms with van der Waals surface area (Å²) in [5.41, 5.74) is -0.00812. The molecule has 0 unspecified atom stereocenters. The molecule has 0 N–H and O–H groups in total. The standard InChI is InChI=1S/C16H18N2O5/c1-10-8-12(18(20)21)9-13-14(10)15(19)23-16(17-13)22-7-3-2-4-11-5-6-11/h8-9,11H,2-7H2,1H3. The first kappa shape index (κ1) is 15.5. The van der Waals surface area contributed by atoms with Gasteiger partial charge in [0.15, 0.2) is 0 Å². The van der Waals surface area contributed by atoms with Crippen molar-refractivity contribution in [2.75, 3.05) is 6.61 Å². The first-order valence-corrected chi connectivity index (χ1v) is 7.77. The molecule has 0 spiro atoms. The number of hydrogen-bond acceptors (Lipinski definition) is 6. The lowest BCUT2D eigenvalue weighted by molar-refractivity contribution is -0.384. The van der Waals surface area contributed by atoms with Crippen LogP contribution in [0.1, 0.15) is 37.7 Å². The lowest BCUT2D eigenvalue weighted by atomic mass is 10.1. The van der Waals surface area contributed by atoms with E-state index in [1.165, 1.54) is 31.4 Å². The van der Waals surface area contributed by atoms with Crippen LogP contribution >= 0.6 is 0 Å². The number of unbranched alkanes of at least 4 members (excludes halogenated alkanes) is 1. The molecule has 0 radical (unpaired) electrons. The van der Waals surface area contributed by atoms with E-state index in [9.17, 15) is 14.9 Å². The van der Waals surface area contributed by atoms with Crippen molar-refractivity contribution in [3.63, 3.8) is 0 Å². The van der Waals surface area contributed by atoms with Gasteiger partial charge in [-0.1, -0.05) is 19.3 Å². The topological polar surface area (TPSA) is 95.5 Å². The number of aryl methyl sites for hydroxylation is 1. The number of nitro benzene ring substituents is 1. The number of benzene rings is 1. The molecule has 1 fully saturated rings. The minimum atomic E-state index is -0.588. The van der Waals surface area contributed by atoms with Gasteiger partial charge >= 0.3 is 11.7 Å². The molecule has 0 aliphatic heterocycles. The van der Waals surface area contributed by atoms with Crippen LogP contribution in [0, 0.1) is 23.0 Å². The van der Waals surface area contributed by atoms with Crippen LogP contribution in [0.2, 0.25) is 0 Å². The van der Waals surface area contributed by atoms with Crippen LogP contribution in [-0.4, -0.2) is 16.5 Å². The Morgan fingerprint density at radius 2 is 2.17 bits per heavy atom. The zero-order chi connectivity index (χ0) is 16.4. The van der Waals surface area contributed by atoms with E-state index >= 15 is 0 Å². The van der Waals surface area contributed by atoms with Crippen LogP contribution in [0.5, 0.6) is 6.08 Å². The molecule has 1 heterocycles. The van der Waals surface area contributed by atoms with E-state index in [-0.39, 0.29) is 22.7 Å². The largest absolute Gasteiger partial charge is 0.450 e. The Kier molecular flexibility index (Phi) is 4.27. The molecule has 1 aliphatic rings. The number of nitrogens with zero attached hydrogens (tertiary/aromatic N) is 2. The summed E-state index contributed by atoms with van der Waals surface area (Å²) in [6.45, 7) is 2.04. The third kappa shape index (κ3) is 3.67. The summed E-state index contributed by atoms with van der Waals surface area (Å²) in [5, 5.41) is 11.2. The summed E-state index contributed by atoms with van der Waals surface area (Å²) in [7, 11) is 0. The molecule has 0 bridgehead atoms. The fraction of sp³-hybridized carbons (Fsp3) is 0.500. The van der Waals surface area contributed by atoms with Gasteiger partial charge in [-0.05, 0) is 31.2 Å². The predicted octanol–water partition coefficient (Wildman–Crippen LogP) is 3.36. The maximum atomic E-state index is 12.0. The second kappa shape index (κ2) is 6.36. The SMILES string of the molecule is Cc1cc([N+](=O)[O-])cc2nc(OCCCCC3CC3)oc(=O)c12. The molecule has 3 rings (SSSR count). The van der Waals surface area contributed by atoms with Crippen molar-refractivity contribution in [3.8, 4) is 6.08 Å². The van der Waals surface area contributed by atoms with E-state index in [2.05, 4.69) is 4.98 Å². The van der Waals surface area contributed by atoms with Crippen LogP contribution in [0.4, 0.5) is 5.69 Å². The van der Waals surface area contributed by atoms with Crippen molar-refractivity contribution in [1.29, 1.82) is 0 Å². The van der Waals surface area contributed by atoms with Gasteiger partial charge in [0.05, 0.1) is 22.4 Å². The van der Waals surface area contributed by atoms with Gasteiger partial charge in [0.1, 0.15) is 0 Å². The summed E-state index contributed by atoms with van der Waals surface area (Å²) in [6, 6.07) is 2.60. The highest BCUT2D eigenvalue weighted by Gasteiger charge is 2.20. The Hall–Kier alpha value is -2.44. The highest BCUT2D eigenvalue weighted by Crippen LogP contribution is 2.33. The first-order chi connectivity index (χ1) is 11.0. The lowest BCUT2D eigenvalue weighted by Crippen LogP contribution is -2.08. The third-order valence-electron chi connectivity index (χ3n) is 4.04.